The van der Waals surface area contributed by atoms with E-state index in [1.807, 2.05) is 41.9 Å². The molecule has 0 saturated carbocycles. The molecule has 3 nitrogen and oxygen atoms in total. The van der Waals surface area contributed by atoms with Gasteiger partial charge in [-0.2, -0.15) is 0 Å². The van der Waals surface area contributed by atoms with Gasteiger partial charge in [-0.05, 0) is 31.3 Å². The summed E-state index contributed by atoms with van der Waals surface area (Å²) < 4.78 is 15.3. The Balaban J connectivity index is 2.23. The second-order valence-corrected chi connectivity index (χ2v) is 4.38. The molecule has 0 aliphatic heterocycles. The number of aromatic nitrogens is 2. The molecular weight excluding hydrogens is 241 g/mol. The lowest BCUT2D eigenvalue weighted by Crippen LogP contribution is -2.05. The third-order valence-corrected chi connectivity index (χ3v) is 3.05. The minimum Gasteiger partial charge on any atom is -0.314 e. The molecule has 0 radical (unpaired) electrons. The van der Waals surface area contributed by atoms with Gasteiger partial charge in [0.1, 0.15) is 11.6 Å². The molecule has 0 bridgehead atoms. The van der Waals surface area contributed by atoms with Gasteiger partial charge in [0.25, 0.3) is 0 Å². The average Bonchev–Trinajstić information content (AvgIpc) is 2.79. The Labute approximate surface area is 110 Å². The fraction of sp³-hybridized carbons (Fsp3) is 0.133. The Morgan fingerprint density at radius 1 is 1.21 bits per heavy atom. The van der Waals surface area contributed by atoms with E-state index in [1.54, 1.807) is 6.07 Å². The van der Waals surface area contributed by atoms with Crippen molar-refractivity contribution in [2.24, 2.45) is 0 Å². The van der Waals surface area contributed by atoms with E-state index in [2.05, 4.69) is 10.3 Å². The highest BCUT2D eigenvalue weighted by Crippen LogP contribution is 2.23. The predicted molar refractivity (Wildman–Crippen MR) is 73.3 cm³/mol. The van der Waals surface area contributed by atoms with Gasteiger partial charge in [-0.15, -0.1) is 0 Å². The van der Waals surface area contributed by atoms with E-state index in [0.717, 1.165) is 22.6 Å². The second-order valence-electron chi connectivity index (χ2n) is 4.38. The summed E-state index contributed by atoms with van der Waals surface area (Å²) in [6, 6.07) is 12.5. The summed E-state index contributed by atoms with van der Waals surface area (Å²) in [6.07, 6.45) is 1.95. The molecule has 0 atom stereocenters. The van der Waals surface area contributed by atoms with Crippen LogP contribution in [0.1, 0.15) is 5.69 Å². The molecule has 96 valence electrons. The standard InChI is InChI=1S/C15H14FN3/c1-17-10-13-14-7-2-3-8-19(14)15(18-13)11-5-4-6-12(16)9-11/h2-9,17H,10H2,1H3. The van der Waals surface area contributed by atoms with Gasteiger partial charge in [0.2, 0.25) is 0 Å². The van der Waals surface area contributed by atoms with Crippen LogP contribution in [0.15, 0.2) is 48.7 Å². The third kappa shape index (κ3) is 2.11. The van der Waals surface area contributed by atoms with E-state index in [-0.39, 0.29) is 5.82 Å². The van der Waals surface area contributed by atoms with Crippen molar-refractivity contribution in [3.8, 4) is 11.4 Å². The van der Waals surface area contributed by atoms with E-state index in [0.29, 0.717) is 6.54 Å². The first-order chi connectivity index (χ1) is 9.29. The Bertz CT molecular complexity index is 718. The summed E-state index contributed by atoms with van der Waals surface area (Å²) in [5.41, 5.74) is 2.78. The van der Waals surface area contributed by atoms with Crippen molar-refractivity contribution < 1.29 is 4.39 Å². The first kappa shape index (κ1) is 11.9. The molecule has 4 heteroatoms. The van der Waals surface area contributed by atoms with Gasteiger partial charge in [-0.1, -0.05) is 18.2 Å². The summed E-state index contributed by atoms with van der Waals surface area (Å²) in [7, 11) is 1.88. The summed E-state index contributed by atoms with van der Waals surface area (Å²) in [4.78, 5) is 4.62. The number of pyridine rings is 1. The van der Waals surface area contributed by atoms with Crippen molar-refractivity contribution in [1.82, 2.24) is 14.7 Å². The molecule has 2 aromatic heterocycles. The summed E-state index contributed by atoms with van der Waals surface area (Å²) >= 11 is 0. The van der Waals surface area contributed by atoms with Crippen LogP contribution in [-0.4, -0.2) is 16.4 Å². The maximum Gasteiger partial charge on any atom is 0.144 e. The van der Waals surface area contributed by atoms with Crippen molar-refractivity contribution >= 4 is 5.52 Å². The summed E-state index contributed by atoms with van der Waals surface area (Å²) in [5, 5.41) is 3.10. The SMILES string of the molecule is CNCc1nc(-c2cccc(F)c2)n2ccccc12. The molecule has 2 heterocycles. The number of hydrogen-bond acceptors (Lipinski definition) is 2. The minimum absolute atomic E-state index is 0.250. The van der Waals surface area contributed by atoms with E-state index in [9.17, 15) is 4.39 Å². The first-order valence-electron chi connectivity index (χ1n) is 6.16. The lowest BCUT2D eigenvalue weighted by Gasteiger charge is -2.00. The smallest absolute Gasteiger partial charge is 0.144 e. The number of benzene rings is 1. The molecule has 0 spiro atoms. The fourth-order valence-electron chi connectivity index (χ4n) is 2.23. The van der Waals surface area contributed by atoms with Crippen molar-refractivity contribution in [3.63, 3.8) is 0 Å². The van der Waals surface area contributed by atoms with Gasteiger partial charge in [-0.3, -0.25) is 4.40 Å². The first-order valence-corrected chi connectivity index (χ1v) is 6.16. The molecule has 19 heavy (non-hydrogen) atoms. The molecule has 1 aromatic carbocycles. The lowest BCUT2D eigenvalue weighted by molar-refractivity contribution is 0.628. The molecule has 1 N–H and O–H groups in total. The quantitative estimate of drug-likeness (QED) is 0.779. The number of nitrogens with zero attached hydrogens (tertiary/aromatic N) is 2. The van der Waals surface area contributed by atoms with E-state index in [1.165, 1.54) is 12.1 Å². The highest BCUT2D eigenvalue weighted by molar-refractivity contribution is 5.65. The Morgan fingerprint density at radius 3 is 2.89 bits per heavy atom. The minimum atomic E-state index is -0.250. The Morgan fingerprint density at radius 2 is 2.11 bits per heavy atom. The molecule has 0 amide bonds. The van der Waals surface area contributed by atoms with Crippen molar-refractivity contribution in [1.29, 1.82) is 0 Å². The second kappa shape index (κ2) is 4.82. The van der Waals surface area contributed by atoms with Crippen LogP contribution in [0.5, 0.6) is 0 Å². The molecule has 0 aliphatic rings. The van der Waals surface area contributed by atoms with E-state index in [4.69, 9.17) is 0 Å². The molecule has 3 rings (SSSR count). The topological polar surface area (TPSA) is 29.3 Å². The van der Waals surface area contributed by atoms with E-state index < -0.39 is 0 Å². The summed E-state index contributed by atoms with van der Waals surface area (Å²) in [5.74, 6) is 0.515. The predicted octanol–water partition coefficient (Wildman–Crippen LogP) is 2.86. The van der Waals surface area contributed by atoms with Crippen LogP contribution in [0.4, 0.5) is 4.39 Å². The average molecular weight is 255 g/mol. The van der Waals surface area contributed by atoms with Gasteiger partial charge in [-0.25, -0.2) is 9.37 Å². The molecule has 0 saturated heterocycles. The number of nitrogens with one attached hydrogen (secondary N) is 1. The number of imidazole rings is 1. The Hall–Kier alpha value is -2.20. The number of hydrogen-bond donors (Lipinski definition) is 1. The van der Waals surface area contributed by atoms with Crippen LogP contribution in [-0.2, 0) is 6.54 Å². The number of halogens is 1. The van der Waals surface area contributed by atoms with Gasteiger partial charge < -0.3 is 5.32 Å². The molecular formula is C15H14FN3. The highest BCUT2D eigenvalue weighted by Gasteiger charge is 2.11. The maximum atomic E-state index is 13.4. The van der Waals surface area contributed by atoms with Crippen LogP contribution >= 0.6 is 0 Å². The summed E-state index contributed by atoms with van der Waals surface area (Å²) in [6.45, 7) is 0.683. The van der Waals surface area contributed by atoms with E-state index >= 15 is 0 Å². The van der Waals surface area contributed by atoms with Crippen LogP contribution in [0, 0.1) is 5.82 Å². The molecule has 0 unspecified atom stereocenters. The number of fused-ring (bicyclic) bond motifs is 1. The van der Waals surface area contributed by atoms with Crippen molar-refractivity contribution in [2.45, 2.75) is 6.54 Å². The zero-order chi connectivity index (χ0) is 13.2. The largest absolute Gasteiger partial charge is 0.314 e. The zero-order valence-corrected chi connectivity index (χ0v) is 10.6. The lowest BCUT2D eigenvalue weighted by atomic mass is 10.2. The zero-order valence-electron chi connectivity index (χ0n) is 10.6. The highest BCUT2D eigenvalue weighted by atomic mass is 19.1. The van der Waals surface area contributed by atoms with Gasteiger partial charge in [0.05, 0.1) is 11.2 Å². The molecule has 0 fully saturated rings. The van der Waals surface area contributed by atoms with Crippen molar-refractivity contribution in [2.75, 3.05) is 7.05 Å². The monoisotopic (exact) mass is 255 g/mol. The maximum absolute atomic E-state index is 13.4. The van der Waals surface area contributed by atoms with Gasteiger partial charge >= 0.3 is 0 Å². The fourth-order valence-corrected chi connectivity index (χ4v) is 2.23. The third-order valence-electron chi connectivity index (χ3n) is 3.05. The molecule has 3 aromatic rings. The van der Waals surface area contributed by atoms with Crippen LogP contribution in [0.25, 0.3) is 16.9 Å². The van der Waals surface area contributed by atoms with Crippen LogP contribution < -0.4 is 5.32 Å². The van der Waals surface area contributed by atoms with Crippen molar-refractivity contribution in [3.05, 3.63) is 60.2 Å². The number of rotatable bonds is 3. The van der Waals surface area contributed by atoms with Crippen LogP contribution in [0.3, 0.4) is 0 Å². The normalized spacial score (nSPS) is 11.1. The van der Waals surface area contributed by atoms with Gasteiger partial charge in [0, 0.05) is 18.3 Å². The van der Waals surface area contributed by atoms with Crippen LogP contribution in [0.2, 0.25) is 0 Å². The molecule has 0 aliphatic carbocycles. The van der Waals surface area contributed by atoms with Gasteiger partial charge in [0.15, 0.2) is 0 Å². The Kier molecular flexibility index (Phi) is 3.01.